The number of anilines is 1. The minimum atomic E-state index is -3.92. The maximum absolute atomic E-state index is 13.5. The van der Waals surface area contributed by atoms with Crippen molar-refractivity contribution in [1.29, 1.82) is 0 Å². The summed E-state index contributed by atoms with van der Waals surface area (Å²) in [5.41, 5.74) is 6.09. The molecule has 2 aromatic carbocycles. The molecule has 1 saturated carbocycles. The third-order valence-electron chi connectivity index (χ3n) is 6.49. The van der Waals surface area contributed by atoms with Crippen LogP contribution in [0.1, 0.15) is 81.8 Å². The average Bonchev–Trinajstić information content (AvgIpc) is 2.83. The van der Waals surface area contributed by atoms with Crippen LogP contribution >= 0.6 is 0 Å². The summed E-state index contributed by atoms with van der Waals surface area (Å²) in [4.78, 5) is 13.1. The lowest BCUT2D eigenvalue weighted by Crippen LogP contribution is -2.39. The fraction of sp³-hybridized carbons (Fsp3) is 0.500. The van der Waals surface area contributed by atoms with Gasteiger partial charge in [0.25, 0.3) is 15.9 Å². The Morgan fingerprint density at radius 2 is 1.23 bits per heavy atom. The molecule has 0 atom stereocenters. The van der Waals surface area contributed by atoms with Gasteiger partial charge in [-0.05, 0) is 63.8 Å². The van der Waals surface area contributed by atoms with E-state index in [0.29, 0.717) is 5.69 Å². The summed E-state index contributed by atoms with van der Waals surface area (Å²) >= 11 is 0. The van der Waals surface area contributed by atoms with Crippen molar-refractivity contribution in [3.8, 4) is 0 Å². The maximum atomic E-state index is 13.5. The van der Waals surface area contributed by atoms with Gasteiger partial charge in [-0.25, -0.2) is 13.8 Å². The number of rotatable bonds is 6. The van der Waals surface area contributed by atoms with E-state index in [-0.39, 0.29) is 11.4 Å². The van der Waals surface area contributed by atoms with Crippen molar-refractivity contribution in [3.63, 3.8) is 0 Å². The first-order valence-corrected chi connectivity index (χ1v) is 14.3. The number of nitrogens with one attached hydrogen (secondary N) is 1. The highest BCUT2D eigenvalue weighted by Gasteiger charge is 2.27. The quantitative estimate of drug-likeness (QED) is 0.477. The molecule has 0 saturated heterocycles. The Morgan fingerprint density at radius 1 is 0.771 bits per heavy atom. The van der Waals surface area contributed by atoms with Gasteiger partial charge in [-0.2, -0.15) is 5.10 Å². The van der Waals surface area contributed by atoms with Crippen LogP contribution in [0.2, 0.25) is 0 Å². The molecule has 1 fully saturated rings. The van der Waals surface area contributed by atoms with Gasteiger partial charge in [-0.15, -0.1) is 0 Å². The lowest BCUT2D eigenvalue weighted by atomic mass is 10.00. The lowest BCUT2D eigenvalue weighted by molar-refractivity contribution is -0.119. The second-order valence-electron chi connectivity index (χ2n) is 9.56. The summed E-state index contributed by atoms with van der Waals surface area (Å²) in [6, 6.07) is 13.8. The molecule has 3 rings (SSSR count). The zero-order valence-corrected chi connectivity index (χ0v) is 21.9. The number of carbonyl (C=O) groups is 1. The predicted octanol–water partition coefficient (Wildman–Crippen LogP) is 6.28. The van der Waals surface area contributed by atoms with E-state index in [4.69, 9.17) is 0 Å². The Bertz CT molecular complexity index is 1060. The van der Waals surface area contributed by atoms with Crippen LogP contribution in [0.25, 0.3) is 0 Å². The van der Waals surface area contributed by atoms with Gasteiger partial charge in [0.2, 0.25) is 0 Å². The Labute approximate surface area is 210 Å². The Hall–Kier alpha value is -2.67. The summed E-state index contributed by atoms with van der Waals surface area (Å²) in [5, 5.41) is 4.43. The van der Waals surface area contributed by atoms with Crippen molar-refractivity contribution >= 4 is 27.3 Å². The first-order valence-electron chi connectivity index (χ1n) is 12.9. The first kappa shape index (κ1) is 26.9. The maximum Gasteiger partial charge on any atom is 0.264 e. The highest BCUT2D eigenvalue weighted by Crippen LogP contribution is 2.24. The van der Waals surface area contributed by atoms with Crippen LogP contribution in [0.15, 0.2) is 58.5 Å². The zero-order chi connectivity index (χ0) is 25.1. The van der Waals surface area contributed by atoms with Gasteiger partial charge < -0.3 is 0 Å². The number of benzene rings is 2. The highest BCUT2D eigenvalue weighted by molar-refractivity contribution is 7.92. The average molecular weight is 498 g/mol. The smallest absolute Gasteiger partial charge is 0.264 e. The van der Waals surface area contributed by atoms with Crippen molar-refractivity contribution in [3.05, 3.63) is 59.7 Å². The number of aryl methyl sites for hydroxylation is 2. The van der Waals surface area contributed by atoms with E-state index < -0.39 is 15.9 Å². The fourth-order valence-corrected chi connectivity index (χ4v) is 5.72. The minimum Gasteiger partial charge on any atom is -0.271 e. The molecule has 0 aliphatic heterocycles. The van der Waals surface area contributed by atoms with E-state index in [1.54, 1.807) is 36.4 Å². The van der Waals surface area contributed by atoms with Crippen LogP contribution in [0.3, 0.4) is 0 Å². The normalized spacial score (nSPS) is 16.0. The minimum absolute atomic E-state index is 0.155. The van der Waals surface area contributed by atoms with E-state index in [1.165, 1.54) is 44.9 Å². The molecular formula is C28H39N3O3S. The van der Waals surface area contributed by atoms with Crippen molar-refractivity contribution in [2.45, 2.75) is 89.4 Å². The summed E-state index contributed by atoms with van der Waals surface area (Å²) in [6.07, 6.45) is 12.7. The molecule has 1 aliphatic rings. The van der Waals surface area contributed by atoms with Gasteiger partial charge in [0, 0.05) is 5.71 Å². The monoisotopic (exact) mass is 497 g/mol. The standard InChI is InChI=1S/C28H39N3O3S/c1-23-14-18-26(19-15-23)31(35(33,34)27-20-16-24(2)17-21-27)22-28(32)30-29-25-12-10-8-6-4-3-5-7-9-11-13-25/h14-21H,3-13,22H2,1-2H3,(H,30,32). The molecular weight excluding hydrogens is 458 g/mol. The Balaban J connectivity index is 1.75. The summed E-state index contributed by atoms with van der Waals surface area (Å²) in [7, 11) is -3.92. The molecule has 190 valence electrons. The molecule has 6 nitrogen and oxygen atoms in total. The fourth-order valence-electron chi connectivity index (χ4n) is 4.30. The molecule has 1 amide bonds. The number of amides is 1. The van der Waals surface area contributed by atoms with E-state index in [9.17, 15) is 13.2 Å². The molecule has 2 aromatic rings. The molecule has 0 unspecified atom stereocenters. The summed E-state index contributed by atoms with van der Waals surface area (Å²) in [5.74, 6) is -0.445. The molecule has 7 heteroatoms. The van der Waals surface area contributed by atoms with Crippen molar-refractivity contribution in [1.82, 2.24) is 5.43 Å². The molecule has 0 bridgehead atoms. The van der Waals surface area contributed by atoms with Crippen molar-refractivity contribution < 1.29 is 13.2 Å². The van der Waals surface area contributed by atoms with Crippen LogP contribution in [-0.4, -0.2) is 26.6 Å². The van der Waals surface area contributed by atoms with Gasteiger partial charge in [0.05, 0.1) is 10.6 Å². The van der Waals surface area contributed by atoms with Crippen LogP contribution in [0.4, 0.5) is 5.69 Å². The third-order valence-corrected chi connectivity index (χ3v) is 8.28. The van der Waals surface area contributed by atoms with Crippen LogP contribution in [-0.2, 0) is 14.8 Å². The Morgan fingerprint density at radius 3 is 1.74 bits per heavy atom. The first-order chi connectivity index (χ1) is 16.9. The van der Waals surface area contributed by atoms with E-state index in [1.807, 2.05) is 26.0 Å². The summed E-state index contributed by atoms with van der Waals surface area (Å²) < 4.78 is 28.2. The van der Waals surface area contributed by atoms with Crippen molar-refractivity contribution in [2.75, 3.05) is 10.8 Å². The van der Waals surface area contributed by atoms with Gasteiger partial charge in [-0.1, -0.05) is 80.3 Å². The zero-order valence-electron chi connectivity index (χ0n) is 21.1. The largest absolute Gasteiger partial charge is 0.271 e. The lowest BCUT2D eigenvalue weighted by Gasteiger charge is -2.24. The van der Waals surface area contributed by atoms with Crippen LogP contribution in [0.5, 0.6) is 0 Å². The molecule has 35 heavy (non-hydrogen) atoms. The highest BCUT2D eigenvalue weighted by atomic mass is 32.2. The number of hydrogen-bond acceptors (Lipinski definition) is 4. The number of nitrogens with zero attached hydrogens (tertiary/aromatic N) is 2. The number of sulfonamides is 1. The predicted molar refractivity (Wildman–Crippen MR) is 143 cm³/mol. The molecule has 1 aliphatic carbocycles. The molecule has 0 heterocycles. The van der Waals surface area contributed by atoms with E-state index in [0.717, 1.165) is 46.8 Å². The summed E-state index contributed by atoms with van der Waals surface area (Å²) in [6.45, 7) is 3.51. The number of hydrogen-bond donors (Lipinski definition) is 1. The SMILES string of the molecule is Cc1ccc(N(CC(=O)NN=C2CCCCCCCCCCC2)S(=O)(=O)c2ccc(C)cc2)cc1. The number of hydrazone groups is 1. The Kier molecular flexibility index (Phi) is 10.3. The molecule has 0 spiro atoms. The third kappa shape index (κ3) is 8.49. The van der Waals surface area contributed by atoms with E-state index >= 15 is 0 Å². The topological polar surface area (TPSA) is 78.8 Å². The van der Waals surface area contributed by atoms with Gasteiger partial charge >= 0.3 is 0 Å². The molecule has 0 radical (unpaired) electrons. The van der Waals surface area contributed by atoms with Crippen molar-refractivity contribution in [2.24, 2.45) is 5.10 Å². The second kappa shape index (κ2) is 13.4. The van der Waals surface area contributed by atoms with Crippen LogP contribution in [0, 0.1) is 13.8 Å². The van der Waals surface area contributed by atoms with Gasteiger partial charge in [0.1, 0.15) is 6.54 Å². The van der Waals surface area contributed by atoms with Gasteiger partial charge in [-0.3, -0.25) is 9.10 Å². The molecule has 0 aromatic heterocycles. The van der Waals surface area contributed by atoms with Gasteiger partial charge in [0.15, 0.2) is 0 Å². The van der Waals surface area contributed by atoms with E-state index in [2.05, 4.69) is 10.5 Å². The second-order valence-corrected chi connectivity index (χ2v) is 11.4. The number of carbonyl (C=O) groups excluding carboxylic acids is 1. The van der Waals surface area contributed by atoms with Crippen LogP contribution < -0.4 is 9.73 Å². The molecule has 1 N–H and O–H groups in total.